The van der Waals surface area contributed by atoms with E-state index in [-0.39, 0.29) is 12.6 Å². The molecule has 0 N–H and O–H groups in total. The fraction of sp³-hybridized carbons (Fsp3) is 0.118. The minimum Gasteiger partial charge on any atom is -0.454 e. The van der Waals surface area contributed by atoms with Gasteiger partial charge in [0.15, 0.2) is 11.5 Å². The lowest BCUT2D eigenvalue weighted by Gasteiger charge is -2.04. The zero-order valence-electron chi connectivity index (χ0n) is 11.8. The van der Waals surface area contributed by atoms with Crippen molar-refractivity contribution in [3.05, 3.63) is 53.8 Å². The zero-order chi connectivity index (χ0) is 15.1. The highest BCUT2D eigenvalue weighted by atomic mass is 16.7. The van der Waals surface area contributed by atoms with E-state index in [1.54, 1.807) is 18.2 Å². The highest BCUT2D eigenvalue weighted by Gasteiger charge is 2.21. The largest absolute Gasteiger partial charge is 0.454 e. The summed E-state index contributed by atoms with van der Waals surface area (Å²) in [5, 5.41) is 0.903. The van der Waals surface area contributed by atoms with Crippen molar-refractivity contribution in [1.29, 1.82) is 0 Å². The molecule has 4 rings (SSSR count). The summed E-state index contributed by atoms with van der Waals surface area (Å²) >= 11 is 0. The molecule has 1 aliphatic rings. The van der Waals surface area contributed by atoms with Crippen LogP contribution in [0.3, 0.4) is 0 Å². The highest BCUT2D eigenvalue weighted by molar-refractivity contribution is 5.96. The first kappa shape index (κ1) is 12.8. The molecule has 0 amide bonds. The van der Waals surface area contributed by atoms with Gasteiger partial charge in [-0.3, -0.25) is 0 Å². The third kappa shape index (κ3) is 1.98. The molecule has 5 nitrogen and oxygen atoms in total. The lowest BCUT2D eigenvalue weighted by molar-refractivity contribution is 0.0702. The van der Waals surface area contributed by atoms with E-state index in [0.717, 1.165) is 10.9 Å². The van der Waals surface area contributed by atoms with Crippen molar-refractivity contribution < 1.29 is 23.4 Å². The van der Waals surface area contributed by atoms with E-state index in [4.69, 9.17) is 18.6 Å². The minimum atomic E-state index is -0.535. The van der Waals surface area contributed by atoms with Crippen LogP contribution in [-0.2, 0) is 0 Å². The Morgan fingerprint density at radius 3 is 2.77 bits per heavy atom. The summed E-state index contributed by atoms with van der Waals surface area (Å²) < 4.78 is 21.4. The van der Waals surface area contributed by atoms with Gasteiger partial charge in [-0.15, -0.1) is 0 Å². The number of carbonyl (C=O) groups excluding carboxylic acids is 1. The molecule has 0 saturated heterocycles. The van der Waals surface area contributed by atoms with Crippen LogP contribution in [0, 0.1) is 6.92 Å². The van der Waals surface area contributed by atoms with Crippen molar-refractivity contribution in [3.8, 4) is 17.2 Å². The molecule has 22 heavy (non-hydrogen) atoms. The van der Waals surface area contributed by atoms with E-state index in [1.165, 1.54) is 0 Å². The predicted molar refractivity (Wildman–Crippen MR) is 78.5 cm³/mol. The van der Waals surface area contributed by atoms with E-state index in [0.29, 0.717) is 22.8 Å². The van der Waals surface area contributed by atoms with Gasteiger partial charge in [0, 0.05) is 17.0 Å². The van der Waals surface area contributed by atoms with E-state index >= 15 is 0 Å². The van der Waals surface area contributed by atoms with E-state index < -0.39 is 5.97 Å². The second-order valence-electron chi connectivity index (χ2n) is 4.96. The van der Waals surface area contributed by atoms with Gasteiger partial charge in [0.05, 0.1) is 0 Å². The molecule has 0 unspecified atom stereocenters. The predicted octanol–water partition coefficient (Wildman–Crippen LogP) is 3.69. The molecule has 1 aromatic heterocycles. The second kappa shape index (κ2) is 4.80. The average Bonchev–Trinajstić information content (AvgIpc) is 3.12. The van der Waals surface area contributed by atoms with Crippen LogP contribution >= 0.6 is 0 Å². The molecule has 5 heteroatoms. The quantitative estimate of drug-likeness (QED) is 0.533. The number of rotatable bonds is 2. The normalized spacial score (nSPS) is 12.6. The van der Waals surface area contributed by atoms with Gasteiger partial charge in [-0.1, -0.05) is 18.2 Å². The average molecular weight is 296 g/mol. The van der Waals surface area contributed by atoms with Gasteiger partial charge in [0.1, 0.15) is 11.3 Å². The van der Waals surface area contributed by atoms with Gasteiger partial charge in [0.25, 0.3) is 0 Å². The van der Waals surface area contributed by atoms with Gasteiger partial charge in [-0.25, -0.2) is 4.79 Å². The van der Waals surface area contributed by atoms with Gasteiger partial charge >= 0.3 is 5.97 Å². The molecular formula is C17H12O5. The van der Waals surface area contributed by atoms with E-state index in [9.17, 15) is 4.79 Å². The zero-order valence-corrected chi connectivity index (χ0v) is 11.8. The van der Waals surface area contributed by atoms with Crippen molar-refractivity contribution in [1.82, 2.24) is 0 Å². The number of hydrogen-bond acceptors (Lipinski definition) is 5. The lowest BCUT2D eigenvalue weighted by atomic mass is 10.1. The summed E-state index contributed by atoms with van der Waals surface area (Å²) in [6, 6.07) is 12.5. The van der Waals surface area contributed by atoms with Gasteiger partial charge in [-0.2, -0.15) is 0 Å². The number of para-hydroxylation sites is 1. The van der Waals surface area contributed by atoms with Crippen LogP contribution < -0.4 is 14.2 Å². The molecular weight excluding hydrogens is 284 g/mol. The van der Waals surface area contributed by atoms with Gasteiger partial charge < -0.3 is 18.6 Å². The maximum Gasteiger partial charge on any atom is 0.379 e. The molecule has 0 spiro atoms. The molecule has 0 radical (unpaired) electrons. The van der Waals surface area contributed by atoms with E-state index in [1.807, 2.05) is 31.2 Å². The molecule has 1 aliphatic heterocycles. The Hall–Kier alpha value is -2.95. The standard InChI is InChI=1S/C17H12O5/c1-10-12-4-2-3-5-13(12)22-16(10)17(18)21-11-6-7-14-15(8-11)20-9-19-14/h2-8H,9H2,1H3. The number of fused-ring (bicyclic) bond motifs is 2. The Morgan fingerprint density at radius 1 is 1.09 bits per heavy atom. The number of esters is 1. The number of aryl methyl sites for hydroxylation is 1. The topological polar surface area (TPSA) is 57.9 Å². The molecule has 3 aromatic rings. The Bertz CT molecular complexity index is 878. The number of benzene rings is 2. The number of ether oxygens (including phenoxy) is 3. The Morgan fingerprint density at radius 2 is 1.91 bits per heavy atom. The van der Waals surface area contributed by atoms with Crippen LogP contribution in [0.25, 0.3) is 11.0 Å². The van der Waals surface area contributed by atoms with Crippen molar-refractivity contribution in [2.75, 3.05) is 6.79 Å². The summed E-state index contributed by atoms with van der Waals surface area (Å²) in [5.74, 6) is 1.26. The van der Waals surface area contributed by atoms with Crippen LogP contribution in [-0.4, -0.2) is 12.8 Å². The third-order valence-electron chi connectivity index (χ3n) is 3.58. The molecule has 2 heterocycles. The van der Waals surface area contributed by atoms with Crippen LogP contribution in [0.4, 0.5) is 0 Å². The van der Waals surface area contributed by atoms with Crippen LogP contribution in [0.5, 0.6) is 17.2 Å². The number of carbonyl (C=O) groups is 1. The molecule has 2 aromatic carbocycles. The molecule has 0 saturated carbocycles. The fourth-order valence-corrected chi connectivity index (χ4v) is 2.46. The monoisotopic (exact) mass is 296 g/mol. The fourth-order valence-electron chi connectivity index (χ4n) is 2.46. The molecule has 0 bridgehead atoms. The summed E-state index contributed by atoms with van der Waals surface area (Å²) in [7, 11) is 0. The summed E-state index contributed by atoms with van der Waals surface area (Å²) in [6.45, 7) is 2.01. The Labute approximate surface area is 126 Å². The van der Waals surface area contributed by atoms with E-state index in [2.05, 4.69) is 0 Å². The molecule has 110 valence electrons. The maximum absolute atomic E-state index is 12.3. The Balaban J connectivity index is 1.65. The first-order valence-corrected chi connectivity index (χ1v) is 6.82. The molecule has 0 atom stereocenters. The first-order valence-electron chi connectivity index (χ1n) is 6.82. The summed E-state index contributed by atoms with van der Waals surface area (Å²) in [5.41, 5.74) is 1.43. The maximum atomic E-state index is 12.3. The Kier molecular flexibility index (Phi) is 2.79. The summed E-state index contributed by atoms with van der Waals surface area (Å²) in [6.07, 6.45) is 0. The molecule has 0 aliphatic carbocycles. The van der Waals surface area contributed by atoms with Crippen LogP contribution in [0.2, 0.25) is 0 Å². The first-order chi connectivity index (χ1) is 10.7. The van der Waals surface area contributed by atoms with Gasteiger partial charge in [-0.05, 0) is 25.1 Å². The van der Waals surface area contributed by atoms with Crippen molar-refractivity contribution in [3.63, 3.8) is 0 Å². The minimum absolute atomic E-state index is 0.176. The third-order valence-corrected chi connectivity index (χ3v) is 3.58. The van der Waals surface area contributed by atoms with Crippen molar-refractivity contribution in [2.45, 2.75) is 6.92 Å². The van der Waals surface area contributed by atoms with Crippen LogP contribution in [0.1, 0.15) is 16.1 Å². The van der Waals surface area contributed by atoms with Gasteiger partial charge in [0.2, 0.25) is 12.6 Å². The molecule has 0 fully saturated rings. The lowest BCUT2D eigenvalue weighted by Crippen LogP contribution is -2.08. The SMILES string of the molecule is Cc1c(C(=O)Oc2ccc3c(c2)OCO3)oc2ccccc12. The smallest absolute Gasteiger partial charge is 0.379 e. The number of furan rings is 1. The van der Waals surface area contributed by atoms with Crippen LogP contribution in [0.15, 0.2) is 46.9 Å². The highest BCUT2D eigenvalue weighted by Crippen LogP contribution is 2.35. The van der Waals surface area contributed by atoms with Crippen molar-refractivity contribution in [2.24, 2.45) is 0 Å². The second-order valence-corrected chi connectivity index (χ2v) is 4.96. The summed E-state index contributed by atoms with van der Waals surface area (Å²) in [4.78, 5) is 12.3. The number of hydrogen-bond donors (Lipinski definition) is 0. The van der Waals surface area contributed by atoms with Crippen molar-refractivity contribution >= 4 is 16.9 Å².